The molecule has 6 aliphatic heterocycles. The van der Waals surface area contributed by atoms with Gasteiger partial charge in [-0.3, -0.25) is 33.7 Å². The lowest BCUT2D eigenvalue weighted by Gasteiger charge is -2.39. The minimum atomic E-state index is -3.85. The maximum atomic E-state index is 14.6. The second-order valence-electron chi connectivity index (χ2n) is 35.7. The van der Waals surface area contributed by atoms with E-state index in [1.165, 1.54) is 42.6 Å². The third-order valence-electron chi connectivity index (χ3n) is 26.0. The smallest absolute Gasteiger partial charge is 0.407 e. The highest BCUT2D eigenvalue weighted by molar-refractivity contribution is 7.91. The fraction of sp³-hybridized carbons (Fsp3) is 0.573. The molecule has 10 atom stereocenters. The number of carbonyl (C=O) groups excluding carboxylic acids is 8. The zero-order valence-electron chi connectivity index (χ0n) is 76.3. The van der Waals surface area contributed by atoms with Crippen LogP contribution in [0, 0.1) is 30.6 Å². The van der Waals surface area contributed by atoms with E-state index in [0.717, 1.165) is 48.2 Å². The van der Waals surface area contributed by atoms with Gasteiger partial charge in [0.15, 0.2) is 15.6 Å². The molecule has 0 spiro atoms. The number of aryl methyl sites for hydroxylation is 1. The molecule has 34 heteroatoms. The van der Waals surface area contributed by atoms with Crippen molar-refractivity contribution in [2.45, 2.75) is 217 Å². The number of aromatic nitrogens is 5. The molecule has 4 saturated heterocycles. The number of carbonyl (C=O) groups is 8. The van der Waals surface area contributed by atoms with Crippen LogP contribution in [0.2, 0.25) is 0 Å². The SMILES string of the molecule is CO[C@H]1CC2CCC[C@@](O)(O2)C(=O)C(=O)N2CCCC[C@H]2C(=O)O[C@H](CC[C@H]2CC[C@H](OC(=O)NCc3cnc(N4CCN(C(=O)CCOCCN5CCN(c6ncc(C(=O)NCCS(=O)(=O)c7ccc(C(=O)N8CCOc9ccc(-c%10ccc(N)nc%10)cc9C8)c(C)c7)cn6)CC5)CC4)nc3)CC2)CC[C@H](C)/C=C(\C)[C@@H](O)[C@@H](OC)C(=O)[C@H](C)C[C@H](C)/C=C/C=C/C=C/1C. The minimum absolute atomic E-state index is 0.00436. The van der Waals surface area contributed by atoms with Crippen LogP contribution in [0.25, 0.3) is 11.1 Å². The molecule has 5 fully saturated rings. The van der Waals surface area contributed by atoms with Gasteiger partial charge in [0.1, 0.15) is 48.6 Å². The lowest BCUT2D eigenvalue weighted by atomic mass is 9.83. The fourth-order valence-electron chi connectivity index (χ4n) is 18.2. The first-order valence-electron chi connectivity index (χ1n) is 46.0. The van der Waals surface area contributed by atoms with Crippen LogP contribution in [-0.2, 0) is 75.3 Å². The molecule has 2 bridgehead atoms. The molecule has 3 aromatic heterocycles. The third-order valence-corrected chi connectivity index (χ3v) is 27.7. The van der Waals surface area contributed by atoms with E-state index in [-0.39, 0.29) is 116 Å². The lowest BCUT2D eigenvalue weighted by molar-refractivity contribution is -0.245. The summed E-state index contributed by atoms with van der Waals surface area (Å²) in [6.45, 7) is 18.5. The number of hydrogen-bond acceptors (Lipinski definition) is 28. The largest absolute Gasteiger partial charge is 0.491 e. The number of anilines is 3. The van der Waals surface area contributed by atoms with Crippen LogP contribution in [0.15, 0.2) is 132 Å². The van der Waals surface area contributed by atoms with Crippen LogP contribution in [0.1, 0.15) is 181 Å². The average Bonchev–Trinajstić information content (AvgIpc) is 0.996. The molecular weight excluding hydrogens is 1690 g/mol. The van der Waals surface area contributed by atoms with Crippen molar-refractivity contribution in [3.8, 4) is 16.9 Å². The van der Waals surface area contributed by atoms with Gasteiger partial charge >= 0.3 is 12.1 Å². The third kappa shape index (κ3) is 27.1. The zero-order chi connectivity index (χ0) is 92.6. The minimum Gasteiger partial charge on any atom is -0.491 e. The van der Waals surface area contributed by atoms with Gasteiger partial charge in [0.05, 0.1) is 54.6 Å². The number of nitrogens with zero attached hydrogens (tertiary/aromatic N) is 11. The first-order chi connectivity index (χ1) is 62.5. The summed E-state index contributed by atoms with van der Waals surface area (Å²) in [5.74, 6) is -4.64. The van der Waals surface area contributed by atoms with Crippen LogP contribution in [0.5, 0.6) is 5.75 Å². The lowest BCUT2D eigenvalue weighted by Crippen LogP contribution is -2.58. The van der Waals surface area contributed by atoms with Crippen molar-refractivity contribution >= 4 is 74.8 Å². The fourth-order valence-corrected chi connectivity index (χ4v) is 19.4. The highest BCUT2D eigenvalue weighted by Gasteiger charge is 2.50. The van der Waals surface area contributed by atoms with Gasteiger partial charge < -0.3 is 84.2 Å². The van der Waals surface area contributed by atoms with Crippen molar-refractivity contribution in [2.75, 3.05) is 134 Å². The number of nitrogens with two attached hydrogens (primary N) is 1. The highest BCUT2D eigenvalue weighted by atomic mass is 32.2. The van der Waals surface area contributed by atoms with Crippen LogP contribution in [0.4, 0.5) is 22.5 Å². The van der Waals surface area contributed by atoms with Crippen molar-refractivity contribution in [3.63, 3.8) is 0 Å². The number of pyridine rings is 1. The monoisotopic (exact) mass is 1810 g/mol. The molecule has 1 saturated carbocycles. The Morgan fingerprint density at radius 2 is 1.42 bits per heavy atom. The van der Waals surface area contributed by atoms with E-state index < -0.39 is 87.8 Å². The molecule has 7 aliphatic rings. The van der Waals surface area contributed by atoms with Gasteiger partial charge in [-0.2, -0.15) is 0 Å². The predicted octanol–water partition coefficient (Wildman–Crippen LogP) is 9.47. The Kier molecular flexibility index (Phi) is 35.7. The molecule has 9 heterocycles. The summed E-state index contributed by atoms with van der Waals surface area (Å²) in [7, 11) is -0.842. The number of amides is 5. The predicted molar refractivity (Wildman–Crippen MR) is 487 cm³/mol. The Labute approximate surface area is 762 Å². The standard InChI is InChI=1S/C96H130N14O19S/c1-63-15-10-9-11-16-65(3)82(123-7)55-77-17-14-34-96(120,129-77)88(114)91(117)110-36-13-12-18-80(110)92(118)127-75(25-19-64(2)52-68(6)86(113)87(124-8)85(112)67(5)51-63)26-20-69-21-27-76(28-22-69)128-95(119)104-58-70-56-100-93(101-57-70)108-43-41-106(42-44-108)84(111)33-47-125-48-45-105-37-39-107(40-38-105)94-102-60-74(61-103-94)89(115)98-35-50-130(121,122)78-29-30-79(66(4)53-78)90(116)109-46-49-126-81-31-23-71(54-73(81)62-109)72-24-32-83(97)99-59-72/h9-11,15-16,23-24,29-32,52-54,56-57,59-61,63-64,67,69,75-77,80,82,86-87,113,120H,12-14,17-22,25-28,33-51,55,58,62H2,1-8H3,(H2,97,99)(H,98,115)(H,104,119)/b11-9+,15-10+,65-16+,68-52+/t63-,64+,67-,69-,75+,76-,77?,80+,82+,86-,87+,96-/m1/s1. The number of cyclic esters (lactones) is 1. The molecule has 704 valence electrons. The quantitative estimate of drug-likeness (QED) is 0.0176. The summed E-state index contributed by atoms with van der Waals surface area (Å²) in [6.07, 6.45) is 23.1. The van der Waals surface area contributed by atoms with Crippen molar-refractivity contribution in [3.05, 3.63) is 155 Å². The number of esters is 1. The number of rotatable bonds is 23. The van der Waals surface area contributed by atoms with Gasteiger partial charge in [0.2, 0.25) is 23.6 Å². The maximum Gasteiger partial charge on any atom is 0.407 e. The Bertz CT molecular complexity index is 4940. The number of nitrogens with one attached hydrogen (secondary N) is 2. The van der Waals surface area contributed by atoms with E-state index in [9.17, 15) is 57.0 Å². The van der Waals surface area contributed by atoms with E-state index in [1.807, 2.05) is 103 Å². The van der Waals surface area contributed by atoms with E-state index in [2.05, 4.69) is 40.5 Å². The van der Waals surface area contributed by atoms with Gasteiger partial charge in [-0.15, -0.1) is 0 Å². The average molecular weight is 1820 g/mol. The van der Waals surface area contributed by atoms with Crippen LogP contribution >= 0.6 is 0 Å². The van der Waals surface area contributed by atoms with Crippen LogP contribution in [0.3, 0.4) is 0 Å². The van der Waals surface area contributed by atoms with Crippen molar-refractivity contribution in [2.24, 2.45) is 23.7 Å². The second kappa shape index (κ2) is 47.1. The Morgan fingerprint density at radius 3 is 2.12 bits per heavy atom. The molecule has 12 rings (SSSR count). The molecule has 2 aromatic carbocycles. The summed E-state index contributed by atoms with van der Waals surface area (Å²) in [5, 5.41) is 29.0. The Hall–Kier alpha value is -10.5. The number of piperidine rings is 1. The molecule has 1 unspecified atom stereocenters. The molecule has 33 nitrogen and oxygen atoms in total. The van der Waals surface area contributed by atoms with Gasteiger partial charge in [-0.05, 0) is 193 Å². The summed E-state index contributed by atoms with van der Waals surface area (Å²) in [6, 6.07) is 12.8. The molecule has 1 aliphatic carbocycles. The summed E-state index contributed by atoms with van der Waals surface area (Å²) in [5.41, 5.74) is 11.6. The van der Waals surface area contributed by atoms with E-state index in [0.29, 0.717) is 182 Å². The normalized spacial score (nSPS) is 26.7. The number of aliphatic hydroxyl groups excluding tert-OH is 1. The second-order valence-corrected chi connectivity index (χ2v) is 37.8. The van der Waals surface area contributed by atoms with Gasteiger partial charge in [-0.25, -0.2) is 42.9 Å². The van der Waals surface area contributed by atoms with E-state index in [1.54, 1.807) is 50.5 Å². The van der Waals surface area contributed by atoms with Gasteiger partial charge in [0, 0.05) is 171 Å². The maximum absolute atomic E-state index is 14.6. The molecule has 5 aromatic rings. The Balaban J connectivity index is 0.526. The number of ketones is 2. The number of hydrogen-bond donors (Lipinski definition) is 5. The highest BCUT2D eigenvalue weighted by Crippen LogP contribution is 2.37. The number of allylic oxidation sites excluding steroid dienone is 6. The van der Waals surface area contributed by atoms with E-state index >= 15 is 0 Å². The first-order valence-corrected chi connectivity index (χ1v) is 47.6. The summed E-state index contributed by atoms with van der Waals surface area (Å²) >= 11 is 0. The Morgan fingerprint density at radius 1 is 0.692 bits per heavy atom. The number of Topliss-reactive ketones (excluding diaryl/α,β-unsaturated/α-hetero) is 2. The van der Waals surface area contributed by atoms with Crippen molar-refractivity contribution in [1.82, 2.24) is 55.2 Å². The summed E-state index contributed by atoms with van der Waals surface area (Å²) < 4.78 is 69.0. The van der Waals surface area contributed by atoms with Crippen LogP contribution < -0.4 is 30.9 Å². The number of fused-ring (bicyclic) bond motifs is 4. The number of ether oxygens (including phenoxy) is 7. The summed E-state index contributed by atoms with van der Waals surface area (Å²) in [4.78, 5) is 144. The van der Waals surface area contributed by atoms with E-state index in [4.69, 9.17) is 38.9 Å². The molecular formula is C96H130N14O19S. The number of aliphatic hydroxyl groups is 2. The zero-order valence-corrected chi connectivity index (χ0v) is 77.1. The van der Waals surface area contributed by atoms with Crippen molar-refractivity contribution < 1.29 is 90.1 Å². The van der Waals surface area contributed by atoms with Crippen LogP contribution in [-0.4, -0.2) is 277 Å². The first kappa shape index (κ1) is 98.6. The number of methoxy groups -OCH3 is 2. The molecule has 0 radical (unpaired) electrons. The molecule has 5 amide bonds. The molecule has 6 N–H and O–H groups in total. The number of nitrogen functional groups attached to an aromatic ring is 1. The van der Waals surface area contributed by atoms with Gasteiger partial charge in [-0.1, -0.05) is 63.3 Å². The number of benzene rings is 2. The number of piperazine rings is 2. The number of alkyl carbamates (subject to hydrolysis) is 1. The topological polar surface area (TPSA) is 410 Å². The number of sulfone groups is 1. The molecule has 130 heavy (non-hydrogen) atoms. The van der Waals surface area contributed by atoms with Gasteiger partial charge in [0.25, 0.3) is 23.5 Å². The van der Waals surface area contributed by atoms with Crippen molar-refractivity contribution in [1.29, 1.82) is 0 Å².